The minimum absolute atomic E-state index is 0.0423. The van der Waals surface area contributed by atoms with Gasteiger partial charge in [0.25, 0.3) is 0 Å². The van der Waals surface area contributed by atoms with Gasteiger partial charge in [-0.3, -0.25) is 4.98 Å². The van der Waals surface area contributed by atoms with Crippen molar-refractivity contribution in [2.45, 2.75) is 95.5 Å². The lowest BCUT2D eigenvalue weighted by Crippen LogP contribution is -2.37. The fourth-order valence-corrected chi connectivity index (χ4v) is 7.90. The fraction of sp³-hybridized carbons (Fsp3) is 0.525. The highest BCUT2D eigenvalue weighted by Gasteiger charge is 2.36. The van der Waals surface area contributed by atoms with E-state index in [2.05, 4.69) is 62.4 Å². The average molecular weight is 746 g/mol. The number of aromatic nitrogens is 4. The number of aliphatic hydroxyl groups excluding tert-OH is 1. The molecule has 1 aliphatic carbocycles. The van der Waals surface area contributed by atoms with Crippen molar-refractivity contribution in [3.8, 4) is 22.4 Å². The van der Waals surface area contributed by atoms with Crippen LogP contribution in [0.2, 0.25) is 51.4 Å². The maximum absolute atomic E-state index is 11.0. The lowest BCUT2D eigenvalue weighted by molar-refractivity contribution is -0.0458. The van der Waals surface area contributed by atoms with E-state index in [9.17, 15) is 10.2 Å². The molecule has 0 amide bonds. The third-order valence-corrected chi connectivity index (χ3v) is 13.1. The zero-order valence-corrected chi connectivity index (χ0v) is 34.3. The maximum atomic E-state index is 11.0. The van der Waals surface area contributed by atoms with Crippen molar-refractivity contribution in [1.82, 2.24) is 19.6 Å². The first-order valence-electron chi connectivity index (χ1n) is 18.8. The number of benzene rings is 1. The van der Waals surface area contributed by atoms with Crippen LogP contribution in [0.25, 0.3) is 34.1 Å². The molecule has 4 aromatic rings. The van der Waals surface area contributed by atoms with Gasteiger partial charge in [-0.1, -0.05) is 75.7 Å². The zero-order chi connectivity index (χ0) is 37.4. The molecule has 10 nitrogen and oxygen atoms in total. The van der Waals surface area contributed by atoms with Crippen molar-refractivity contribution in [3.63, 3.8) is 0 Å². The van der Waals surface area contributed by atoms with Gasteiger partial charge in [-0.2, -0.15) is 9.61 Å². The van der Waals surface area contributed by atoms with Crippen LogP contribution in [0.1, 0.15) is 49.8 Å². The molecule has 52 heavy (non-hydrogen) atoms. The Labute approximate surface area is 311 Å². The third-order valence-electron chi connectivity index (χ3n) is 9.71. The first kappa shape index (κ1) is 39.8. The Morgan fingerprint density at radius 2 is 1.56 bits per heavy atom. The molecule has 1 fully saturated rings. The van der Waals surface area contributed by atoms with E-state index in [1.165, 1.54) is 0 Å². The van der Waals surface area contributed by atoms with E-state index in [-0.39, 0.29) is 12.5 Å². The minimum atomic E-state index is -1.31. The molecule has 0 bridgehead atoms. The number of anilines is 1. The molecule has 2 N–H and O–H groups in total. The van der Waals surface area contributed by atoms with E-state index in [4.69, 9.17) is 29.3 Å². The van der Waals surface area contributed by atoms with Crippen LogP contribution in [0.15, 0.2) is 61.1 Å². The van der Waals surface area contributed by atoms with Crippen LogP contribution < -0.4 is 4.90 Å². The van der Waals surface area contributed by atoms with Gasteiger partial charge in [-0.05, 0) is 56.8 Å². The topological polar surface area (TPSA) is 114 Å². The first-order chi connectivity index (χ1) is 24.8. The van der Waals surface area contributed by atoms with Gasteiger partial charge in [-0.15, -0.1) is 0 Å². The summed E-state index contributed by atoms with van der Waals surface area (Å²) in [6, 6.07) is 16.4. The molecule has 12 heteroatoms. The molecule has 5 rings (SSSR count). The molecule has 1 saturated carbocycles. The summed E-state index contributed by atoms with van der Waals surface area (Å²) in [7, 11) is -2.63. The average Bonchev–Trinajstić information content (AvgIpc) is 3.54. The molecular formula is C40H59N5O5Si2. The summed E-state index contributed by atoms with van der Waals surface area (Å²) in [5, 5.41) is 25.9. The van der Waals surface area contributed by atoms with Gasteiger partial charge in [0.05, 0.1) is 42.7 Å². The van der Waals surface area contributed by atoms with Crippen LogP contribution in [0.3, 0.4) is 0 Å². The fourth-order valence-electron chi connectivity index (χ4n) is 6.38. The summed E-state index contributed by atoms with van der Waals surface area (Å²) >= 11 is 0. The Balaban J connectivity index is 1.64. The molecule has 0 spiro atoms. The summed E-state index contributed by atoms with van der Waals surface area (Å²) in [5.74, 6) is 0.862. The molecule has 3 aromatic heterocycles. The number of fused-ring (bicyclic) bond motifs is 1. The highest BCUT2D eigenvalue weighted by molar-refractivity contribution is 6.76. The lowest BCUT2D eigenvalue weighted by atomic mass is 9.77. The molecule has 0 atom stereocenters. The molecular weight excluding hydrogens is 687 g/mol. The smallest absolute Gasteiger partial charge is 0.165 e. The predicted molar refractivity (Wildman–Crippen MR) is 216 cm³/mol. The highest BCUT2D eigenvalue weighted by atomic mass is 28.3. The third kappa shape index (κ3) is 10.6. The number of aliphatic hydroxyl groups is 2. The normalized spacial score (nSPS) is 18.4. The van der Waals surface area contributed by atoms with E-state index in [0.717, 1.165) is 51.5 Å². The van der Waals surface area contributed by atoms with Crippen molar-refractivity contribution in [1.29, 1.82) is 0 Å². The molecule has 0 aliphatic heterocycles. The molecule has 0 saturated heterocycles. The summed E-state index contributed by atoms with van der Waals surface area (Å²) < 4.78 is 20.5. The lowest BCUT2D eigenvalue weighted by Gasteiger charge is -2.35. The van der Waals surface area contributed by atoms with E-state index in [0.29, 0.717) is 64.6 Å². The SMILES string of the molecule is CCO/C=C\c1c(C2CCC(O)(CO)CC2)nc2c(-c3ccc(-c4ccccc4)nc3)cnn2c1N(COCC[Si](C)(C)C)COCC[Si](C)(C)C. The van der Waals surface area contributed by atoms with Crippen LogP contribution in [-0.4, -0.2) is 91.4 Å². The van der Waals surface area contributed by atoms with Crippen molar-refractivity contribution in [2.24, 2.45) is 0 Å². The molecule has 3 heterocycles. The first-order valence-corrected chi connectivity index (χ1v) is 26.2. The summed E-state index contributed by atoms with van der Waals surface area (Å²) in [6.45, 7) is 18.4. The molecule has 0 unspecified atom stereocenters. The molecule has 1 aromatic carbocycles. The van der Waals surface area contributed by atoms with Crippen LogP contribution in [-0.2, 0) is 14.2 Å². The Morgan fingerprint density at radius 3 is 2.12 bits per heavy atom. The molecule has 282 valence electrons. The summed E-state index contributed by atoms with van der Waals surface area (Å²) in [5.41, 5.74) is 5.18. The van der Waals surface area contributed by atoms with Crippen LogP contribution in [0.5, 0.6) is 0 Å². The van der Waals surface area contributed by atoms with Gasteiger partial charge in [0.1, 0.15) is 19.3 Å². The standard InChI is InChI=1S/C40H59N5O5Si2/c1-8-48-21-18-34-37(32-16-19-40(47,28-46)20-17-32)43-38-35(33-14-15-36(41-26-33)31-12-10-9-11-13-31)27-42-45(38)39(34)44(29-49-22-24-51(2,3)4)30-50-23-25-52(5,6)7/h9-15,18,21,26-27,32,46-47H,8,16-17,19-20,22-25,28-30H2,1-7H3/b21-18-. The van der Waals surface area contributed by atoms with Gasteiger partial charge in [0.2, 0.25) is 0 Å². The molecule has 0 radical (unpaired) electrons. The van der Waals surface area contributed by atoms with Gasteiger partial charge in [-0.25, -0.2) is 4.98 Å². The van der Waals surface area contributed by atoms with Gasteiger partial charge in [0.15, 0.2) is 5.65 Å². The Morgan fingerprint density at radius 1 is 0.904 bits per heavy atom. The number of nitrogens with zero attached hydrogens (tertiary/aromatic N) is 5. The molecule has 1 aliphatic rings. The highest BCUT2D eigenvalue weighted by Crippen LogP contribution is 2.42. The van der Waals surface area contributed by atoms with Gasteiger partial charge < -0.3 is 29.3 Å². The second kappa shape index (κ2) is 17.6. The number of hydrogen-bond donors (Lipinski definition) is 2. The van der Waals surface area contributed by atoms with Crippen molar-refractivity contribution in [2.75, 3.05) is 44.8 Å². The second-order valence-electron chi connectivity index (χ2n) is 16.5. The van der Waals surface area contributed by atoms with Crippen molar-refractivity contribution >= 4 is 33.7 Å². The number of hydrogen-bond acceptors (Lipinski definition) is 9. The minimum Gasteiger partial charge on any atom is -0.501 e. The van der Waals surface area contributed by atoms with Crippen molar-refractivity contribution in [3.05, 3.63) is 72.4 Å². The Kier molecular flexibility index (Phi) is 13.5. The van der Waals surface area contributed by atoms with Crippen LogP contribution >= 0.6 is 0 Å². The maximum Gasteiger partial charge on any atom is 0.165 e. The Bertz CT molecular complexity index is 1720. The second-order valence-corrected chi connectivity index (χ2v) is 27.7. The van der Waals surface area contributed by atoms with Gasteiger partial charge in [0, 0.05) is 63.7 Å². The number of pyridine rings is 1. The van der Waals surface area contributed by atoms with E-state index in [1.807, 2.05) is 54.2 Å². The van der Waals surface area contributed by atoms with E-state index < -0.39 is 21.7 Å². The zero-order valence-electron chi connectivity index (χ0n) is 32.3. The van der Waals surface area contributed by atoms with Crippen molar-refractivity contribution < 1.29 is 24.4 Å². The van der Waals surface area contributed by atoms with E-state index in [1.54, 1.807) is 6.26 Å². The predicted octanol–water partition coefficient (Wildman–Crippen LogP) is 8.28. The van der Waals surface area contributed by atoms with Gasteiger partial charge >= 0.3 is 0 Å². The summed E-state index contributed by atoms with van der Waals surface area (Å²) in [4.78, 5) is 12.4. The Hall–Kier alpha value is -3.40. The van der Waals surface area contributed by atoms with Crippen LogP contribution in [0, 0.1) is 0 Å². The monoisotopic (exact) mass is 745 g/mol. The summed E-state index contributed by atoms with van der Waals surface area (Å²) in [6.07, 6.45) is 9.83. The number of rotatable bonds is 18. The van der Waals surface area contributed by atoms with Crippen LogP contribution in [0.4, 0.5) is 5.82 Å². The number of ether oxygens (including phenoxy) is 3. The largest absolute Gasteiger partial charge is 0.501 e. The quantitative estimate of drug-likeness (QED) is 0.0450. The van der Waals surface area contributed by atoms with E-state index >= 15 is 0 Å².